The normalized spacial score (nSPS) is 9.25. The van der Waals surface area contributed by atoms with E-state index in [1.165, 1.54) is 0 Å². The third-order valence-corrected chi connectivity index (χ3v) is 1.40. The topological polar surface area (TPSA) is 34.1 Å². The van der Waals surface area contributed by atoms with Crippen molar-refractivity contribution in [1.29, 1.82) is 0 Å². The molecule has 2 nitrogen and oxygen atoms in total. The maximum atomic E-state index is 11.0. The second kappa shape index (κ2) is 5.70. The first-order valence-electron chi connectivity index (χ1n) is 4.19. The zero-order valence-electron chi connectivity index (χ0n) is 8.02. The summed E-state index contributed by atoms with van der Waals surface area (Å²) in [6.07, 6.45) is 3.31. The Morgan fingerprint density at radius 1 is 1.08 bits per heavy atom. The Bertz CT molecular complexity index is 198. The molecular weight excluding hydrogens is 152 g/mol. The van der Waals surface area contributed by atoms with Crippen LogP contribution in [0, 0.1) is 0 Å². The van der Waals surface area contributed by atoms with Crippen LogP contribution in [0.3, 0.4) is 0 Å². The molecule has 0 saturated carbocycles. The predicted octanol–water partition coefficient (Wildman–Crippen LogP) is 2.28. The number of allylic oxidation sites excluding steroid dienone is 2. The zero-order chi connectivity index (χ0) is 9.56. The first-order chi connectivity index (χ1) is 5.52. The Morgan fingerprint density at radius 2 is 1.67 bits per heavy atom. The lowest BCUT2D eigenvalue weighted by Gasteiger charge is -1.94. The summed E-state index contributed by atoms with van der Waals surface area (Å²) in [7, 11) is 0. The molecule has 68 valence electrons. The number of ketones is 2. The molecule has 0 rings (SSSR count). The maximum absolute atomic E-state index is 11.0. The van der Waals surface area contributed by atoms with Crippen LogP contribution in [0.2, 0.25) is 0 Å². The standard InChI is InChI=1S/C10H16O2/c1-8(2)7-10(12)6-4-5-9(3)11/h7H,4-6H2,1-3H3. The number of carbonyl (C=O) groups is 2. The first-order valence-corrected chi connectivity index (χ1v) is 4.19. The molecule has 0 saturated heterocycles. The van der Waals surface area contributed by atoms with E-state index in [0.717, 1.165) is 5.57 Å². The van der Waals surface area contributed by atoms with Crippen LogP contribution in [0.15, 0.2) is 11.6 Å². The van der Waals surface area contributed by atoms with Crippen LogP contribution < -0.4 is 0 Å². The van der Waals surface area contributed by atoms with Crippen molar-refractivity contribution >= 4 is 11.6 Å². The minimum Gasteiger partial charge on any atom is -0.300 e. The number of hydrogen-bond donors (Lipinski definition) is 0. The molecule has 0 unspecified atom stereocenters. The van der Waals surface area contributed by atoms with Gasteiger partial charge in [0.25, 0.3) is 0 Å². The molecule has 0 amide bonds. The van der Waals surface area contributed by atoms with Gasteiger partial charge in [0.05, 0.1) is 0 Å². The fourth-order valence-electron chi connectivity index (χ4n) is 0.906. The van der Waals surface area contributed by atoms with Crippen molar-refractivity contribution in [1.82, 2.24) is 0 Å². The minimum atomic E-state index is 0.122. The lowest BCUT2D eigenvalue weighted by Crippen LogP contribution is -1.96. The number of carbonyl (C=O) groups excluding carboxylic acids is 2. The van der Waals surface area contributed by atoms with Gasteiger partial charge in [-0.3, -0.25) is 4.79 Å². The third-order valence-electron chi connectivity index (χ3n) is 1.40. The quantitative estimate of drug-likeness (QED) is 0.590. The Kier molecular flexibility index (Phi) is 5.26. The van der Waals surface area contributed by atoms with E-state index >= 15 is 0 Å². The van der Waals surface area contributed by atoms with Crippen LogP contribution >= 0.6 is 0 Å². The van der Waals surface area contributed by atoms with Crippen molar-refractivity contribution in [2.75, 3.05) is 0 Å². The molecular formula is C10H16O2. The van der Waals surface area contributed by atoms with Gasteiger partial charge in [0.15, 0.2) is 5.78 Å². The smallest absolute Gasteiger partial charge is 0.155 e. The second-order valence-corrected chi connectivity index (χ2v) is 3.24. The number of rotatable bonds is 5. The maximum Gasteiger partial charge on any atom is 0.155 e. The highest BCUT2D eigenvalue weighted by Gasteiger charge is 1.98. The van der Waals surface area contributed by atoms with E-state index in [0.29, 0.717) is 19.3 Å². The number of hydrogen-bond acceptors (Lipinski definition) is 2. The van der Waals surface area contributed by atoms with Gasteiger partial charge >= 0.3 is 0 Å². The molecule has 0 radical (unpaired) electrons. The molecule has 0 aromatic rings. The number of Topliss-reactive ketones (excluding diaryl/α,β-unsaturated/α-hetero) is 1. The molecule has 0 spiro atoms. The van der Waals surface area contributed by atoms with Crippen LogP contribution in [0.25, 0.3) is 0 Å². The van der Waals surface area contributed by atoms with Gasteiger partial charge in [-0.2, -0.15) is 0 Å². The molecule has 0 bridgehead atoms. The summed E-state index contributed by atoms with van der Waals surface area (Å²) in [5, 5.41) is 0. The molecule has 0 aliphatic heterocycles. The van der Waals surface area contributed by atoms with Crippen LogP contribution in [0.5, 0.6) is 0 Å². The third kappa shape index (κ3) is 7.19. The molecule has 0 aliphatic carbocycles. The Morgan fingerprint density at radius 3 is 2.08 bits per heavy atom. The fourth-order valence-corrected chi connectivity index (χ4v) is 0.906. The summed E-state index contributed by atoms with van der Waals surface area (Å²) in [6.45, 7) is 5.33. The highest BCUT2D eigenvalue weighted by molar-refractivity contribution is 5.90. The molecule has 12 heavy (non-hydrogen) atoms. The van der Waals surface area contributed by atoms with E-state index < -0.39 is 0 Å². The van der Waals surface area contributed by atoms with E-state index in [1.807, 2.05) is 13.8 Å². The van der Waals surface area contributed by atoms with E-state index in [-0.39, 0.29) is 11.6 Å². The van der Waals surface area contributed by atoms with Crippen molar-refractivity contribution in [2.24, 2.45) is 0 Å². The fraction of sp³-hybridized carbons (Fsp3) is 0.600. The van der Waals surface area contributed by atoms with E-state index in [2.05, 4.69) is 0 Å². The van der Waals surface area contributed by atoms with Crippen LogP contribution in [-0.4, -0.2) is 11.6 Å². The van der Waals surface area contributed by atoms with Gasteiger partial charge in [-0.05, 0) is 33.3 Å². The average Bonchev–Trinajstić information content (AvgIpc) is 1.84. The zero-order valence-corrected chi connectivity index (χ0v) is 8.02. The molecule has 0 aliphatic rings. The van der Waals surface area contributed by atoms with Gasteiger partial charge in [-0.1, -0.05) is 5.57 Å². The molecule has 0 N–H and O–H groups in total. The Balaban J connectivity index is 3.59. The summed E-state index contributed by atoms with van der Waals surface area (Å²) < 4.78 is 0. The predicted molar refractivity (Wildman–Crippen MR) is 49.0 cm³/mol. The molecule has 0 aromatic carbocycles. The molecule has 2 heteroatoms. The summed E-state index contributed by atoms with van der Waals surface area (Å²) in [5.41, 5.74) is 1.02. The Hall–Kier alpha value is -0.920. The molecule has 0 aromatic heterocycles. The molecule has 0 fully saturated rings. The van der Waals surface area contributed by atoms with Crippen LogP contribution in [0.1, 0.15) is 40.0 Å². The van der Waals surface area contributed by atoms with Crippen molar-refractivity contribution in [3.8, 4) is 0 Å². The van der Waals surface area contributed by atoms with Crippen molar-refractivity contribution < 1.29 is 9.59 Å². The SMILES string of the molecule is CC(=O)CCCC(=O)C=C(C)C. The highest BCUT2D eigenvalue weighted by Crippen LogP contribution is 2.00. The van der Waals surface area contributed by atoms with Crippen LogP contribution in [-0.2, 0) is 9.59 Å². The van der Waals surface area contributed by atoms with E-state index in [4.69, 9.17) is 0 Å². The highest BCUT2D eigenvalue weighted by atomic mass is 16.1. The first kappa shape index (κ1) is 11.1. The molecule has 0 heterocycles. The lowest BCUT2D eigenvalue weighted by atomic mass is 10.1. The van der Waals surface area contributed by atoms with Gasteiger partial charge in [-0.15, -0.1) is 0 Å². The summed E-state index contributed by atoms with van der Waals surface area (Å²) in [6, 6.07) is 0. The minimum absolute atomic E-state index is 0.122. The molecule has 0 atom stereocenters. The van der Waals surface area contributed by atoms with Gasteiger partial charge in [-0.25, -0.2) is 0 Å². The van der Waals surface area contributed by atoms with Gasteiger partial charge in [0.1, 0.15) is 5.78 Å². The van der Waals surface area contributed by atoms with Gasteiger partial charge in [0.2, 0.25) is 0 Å². The lowest BCUT2D eigenvalue weighted by molar-refractivity contribution is -0.117. The summed E-state index contributed by atoms with van der Waals surface area (Å²) >= 11 is 0. The van der Waals surface area contributed by atoms with E-state index in [9.17, 15) is 9.59 Å². The second-order valence-electron chi connectivity index (χ2n) is 3.24. The van der Waals surface area contributed by atoms with Crippen molar-refractivity contribution in [2.45, 2.75) is 40.0 Å². The summed E-state index contributed by atoms with van der Waals surface area (Å²) in [5.74, 6) is 0.274. The van der Waals surface area contributed by atoms with Gasteiger partial charge in [0, 0.05) is 12.8 Å². The summed E-state index contributed by atoms with van der Waals surface area (Å²) in [4.78, 5) is 21.6. The Labute approximate surface area is 73.7 Å². The monoisotopic (exact) mass is 168 g/mol. The van der Waals surface area contributed by atoms with Gasteiger partial charge < -0.3 is 4.79 Å². The van der Waals surface area contributed by atoms with Crippen LogP contribution in [0.4, 0.5) is 0 Å². The van der Waals surface area contributed by atoms with Crippen molar-refractivity contribution in [3.63, 3.8) is 0 Å². The average molecular weight is 168 g/mol. The largest absolute Gasteiger partial charge is 0.300 e. The van der Waals surface area contributed by atoms with E-state index in [1.54, 1.807) is 13.0 Å². The van der Waals surface area contributed by atoms with Crippen molar-refractivity contribution in [3.05, 3.63) is 11.6 Å².